The summed E-state index contributed by atoms with van der Waals surface area (Å²) in [4.78, 5) is 11.6. The Morgan fingerprint density at radius 2 is 1.83 bits per heavy atom. The molecule has 0 spiro atoms. The van der Waals surface area contributed by atoms with Gasteiger partial charge in [-0.3, -0.25) is 9.48 Å². The summed E-state index contributed by atoms with van der Waals surface area (Å²) >= 11 is 0. The number of anilines is 1. The number of aryl methyl sites for hydroxylation is 1. The molecule has 35 heavy (non-hydrogen) atoms. The molecule has 3 rings (SSSR count). The van der Waals surface area contributed by atoms with Gasteiger partial charge in [-0.2, -0.15) is 0 Å². The predicted molar refractivity (Wildman–Crippen MR) is 135 cm³/mol. The Bertz CT molecular complexity index is 1080. The smallest absolute Gasteiger partial charge is 0.252 e. The van der Waals surface area contributed by atoms with E-state index in [2.05, 4.69) is 34.7 Å². The fourth-order valence-electron chi connectivity index (χ4n) is 3.91. The van der Waals surface area contributed by atoms with Gasteiger partial charge in [0.1, 0.15) is 6.10 Å². The monoisotopic (exact) mass is 478 g/mol. The van der Waals surface area contributed by atoms with Crippen LogP contribution in [0.3, 0.4) is 0 Å². The molecule has 0 fully saturated rings. The van der Waals surface area contributed by atoms with E-state index >= 15 is 0 Å². The number of carbonyl (C=O) groups is 1. The van der Waals surface area contributed by atoms with Gasteiger partial charge in [0.05, 0.1) is 24.3 Å². The van der Waals surface area contributed by atoms with Crippen LogP contribution in [0.5, 0.6) is 0 Å². The van der Waals surface area contributed by atoms with E-state index < -0.39 is 12.0 Å². The summed E-state index contributed by atoms with van der Waals surface area (Å²) in [5.74, 6) is -0.500. The highest BCUT2D eigenvalue weighted by Gasteiger charge is 2.18. The first-order chi connectivity index (χ1) is 16.9. The third kappa shape index (κ3) is 7.32. The number of aromatic nitrogens is 3. The van der Waals surface area contributed by atoms with Crippen molar-refractivity contribution in [2.45, 2.75) is 44.9 Å². The summed E-state index contributed by atoms with van der Waals surface area (Å²) < 4.78 is 7.52. The lowest BCUT2D eigenvalue weighted by Gasteiger charge is -2.21. The number of amides is 1. The molecule has 3 N–H and O–H groups in total. The van der Waals surface area contributed by atoms with Crippen molar-refractivity contribution in [1.29, 1.82) is 0 Å². The number of hydrogen-bond acceptors (Lipinski definition) is 6. The van der Waals surface area contributed by atoms with Crippen molar-refractivity contribution in [3.63, 3.8) is 0 Å². The van der Waals surface area contributed by atoms with Crippen LogP contribution in [0.4, 0.5) is 5.69 Å². The number of ether oxygens (including phenoxy) is 1. The minimum absolute atomic E-state index is 0.0214. The number of hydrogen-bond donors (Lipinski definition) is 3. The number of aliphatic hydroxyl groups excluding tert-OH is 2. The number of carbonyl (C=O) groups excluding carboxylic acids is 1. The summed E-state index contributed by atoms with van der Waals surface area (Å²) in [7, 11) is 1.68. The van der Waals surface area contributed by atoms with Crippen LogP contribution >= 0.6 is 0 Å². The topological polar surface area (TPSA) is 110 Å². The molecule has 0 aliphatic rings. The lowest BCUT2D eigenvalue weighted by Crippen LogP contribution is -2.24. The Balaban J connectivity index is 1.54. The van der Waals surface area contributed by atoms with Crippen molar-refractivity contribution < 1.29 is 19.7 Å². The van der Waals surface area contributed by atoms with E-state index in [9.17, 15) is 15.0 Å². The normalized spacial score (nSPS) is 15.0. The zero-order chi connectivity index (χ0) is 25.2. The number of aliphatic hydroxyl groups is 2. The van der Waals surface area contributed by atoms with Gasteiger partial charge in [0, 0.05) is 31.5 Å². The van der Waals surface area contributed by atoms with Crippen molar-refractivity contribution in [1.82, 2.24) is 15.0 Å². The molecule has 1 unspecified atom stereocenters. The average Bonchev–Trinajstić information content (AvgIpc) is 3.33. The molecule has 0 saturated carbocycles. The standard InChI is InChI=1S/C27H34N4O4/c1-19(26(35-3)22-12-14-23(15-13-22)28-27(34)20(2)33)9-7-8-16-31-17-25(29-30-31)24(18-32)21-10-5-4-6-11-21/h4-7,9-15,17,19-20,24,26,32-33H,8,16,18H2,1-3H3,(H,28,34)/b9-7+/t19-,20+,24?,26+/m1/s1. The first-order valence-electron chi connectivity index (χ1n) is 11.8. The fraction of sp³-hybridized carbons (Fsp3) is 0.370. The molecule has 0 saturated heterocycles. The molecule has 1 aromatic heterocycles. The highest BCUT2D eigenvalue weighted by atomic mass is 16.5. The van der Waals surface area contributed by atoms with E-state index in [1.165, 1.54) is 6.92 Å². The summed E-state index contributed by atoms with van der Waals surface area (Å²) in [5, 5.41) is 30.3. The van der Waals surface area contributed by atoms with Crippen LogP contribution in [0.2, 0.25) is 0 Å². The van der Waals surface area contributed by atoms with Gasteiger partial charge >= 0.3 is 0 Å². The van der Waals surface area contributed by atoms with E-state index in [0.29, 0.717) is 12.2 Å². The molecule has 8 nitrogen and oxygen atoms in total. The summed E-state index contributed by atoms with van der Waals surface area (Å²) in [6.45, 7) is 4.18. The van der Waals surface area contributed by atoms with Crippen LogP contribution in [0.25, 0.3) is 0 Å². The molecular weight excluding hydrogens is 444 g/mol. The number of methoxy groups -OCH3 is 1. The molecule has 0 radical (unpaired) electrons. The molecule has 8 heteroatoms. The van der Waals surface area contributed by atoms with Crippen molar-refractivity contribution in [2.75, 3.05) is 19.0 Å². The van der Waals surface area contributed by atoms with E-state index in [1.54, 1.807) is 23.9 Å². The molecule has 1 amide bonds. The van der Waals surface area contributed by atoms with E-state index in [0.717, 1.165) is 23.2 Å². The second kappa shape index (κ2) is 12.9. The molecular formula is C27H34N4O4. The molecule has 0 aliphatic carbocycles. The lowest BCUT2D eigenvalue weighted by atomic mass is 9.96. The van der Waals surface area contributed by atoms with Crippen LogP contribution in [-0.2, 0) is 16.1 Å². The Morgan fingerprint density at radius 1 is 1.11 bits per heavy atom. The molecule has 4 atom stereocenters. The Kier molecular flexibility index (Phi) is 9.72. The van der Waals surface area contributed by atoms with E-state index in [1.807, 2.05) is 48.7 Å². The first-order valence-corrected chi connectivity index (χ1v) is 11.8. The van der Waals surface area contributed by atoms with Gasteiger partial charge in [0.25, 0.3) is 5.91 Å². The van der Waals surface area contributed by atoms with Gasteiger partial charge in [0.2, 0.25) is 0 Å². The van der Waals surface area contributed by atoms with Crippen molar-refractivity contribution in [3.8, 4) is 0 Å². The van der Waals surface area contributed by atoms with Crippen LogP contribution in [0.15, 0.2) is 72.9 Å². The Hall–Kier alpha value is -3.33. The van der Waals surface area contributed by atoms with Crippen molar-refractivity contribution >= 4 is 11.6 Å². The number of benzene rings is 2. The lowest BCUT2D eigenvalue weighted by molar-refractivity contribution is -0.123. The zero-order valence-corrected chi connectivity index (χ0v) is 20.4. The van der Waals surface area contributed by atoms with E-state index in [-0.39, 0.29) is 24.5 Å². The largest absolute Gasteiger partial charge is 0.395 e. The second-order valence-electron chi connectivity index (χ2n) is 8.57. The number of rotatable bonds is 12. The van der Waals surface area contributed by atoms with Crippen LogP contribution in [0, 0.1) is 5.92 Å². The highest BCUT2D eigenvalue weighted by Crippen LogP contribution is 2.28. The third-order valence-corrected chi connectivity index (χ3v) is 5.88. The molecule has 1 heterocycles. The molecule has 186 valence electrons. The summed E-state index contributed by atoms with van der Waals surface area (Å²) in [6, 6.07) is 17.2. The molecule has 0 aliphatic heterocycles. The van der Waals surface area contributed by atoms with Crippen LogP contribution in [-0.4, -0.2) is 50.9 Å². The van der Waals surface area contributed by atoms with Crippen molar-refractivity contribution in [3.05, 3.63) is 89.8 Å². The third-order valence-electron chi connectivity index (χ3n) is 5.88. The maximum atomic E-state index is 11.6. The van der Waals surface area contributed by atoms with Crippen molar-refractivity contribution in [2.24, 2.45) is 5.92 Å². The first kappa shape index (κ1) is 26.3. The van der Waals surface area contributed by atoms with Gasteiger partial charge in [-0.05, 0) is 36.6 Å². The molecule has 3 aromatic rings. The number of nitrogens with zero attached hydrogens (tertiary/aromatic N) is 3. The van der Waals surface area contributed by atoms with Gasteiger partial charge in [-0.1, -0.05) is 66.8 Å². The molecule has 0 bridgehead atoms. The van der Waals surface area contributed by atoms with Gasteiger partial charge in [0.15, 0.2) is 0 Å². The minimum Gasteiger partial charge on any atom is -0.395 e. The SMILES string of the molecule is CO[C@H](c1ccc(NC(=O)[C@H](C)O)cc1)[C@H](C)/C=C/CCn1cc(C(CO)c2ccccc2)nn1. The number of allylic oxidation sites excluding steroid dienone is 1. The average molecular weight is 479 g/mol. The Labute approximate surface area is 206 Å². The maximum absolute atomic E-state index is 11.6. The van der Waals surface area contributed by atoms with Gasteiger partial charge in [-0.25, -0.2) is 0 Å². The highest BCUT2D eigenvalue weighted by molar-refractivity contribution is 5.93. The fourth-order valence-corrected chi connectivity index (χ4v) is 3.91. The predicted octanol–water partition coefficient (Wildman–Crippen LogP) is 3.69. The quantitative estimate of drug-likeness (QED) is 0.343. The second-order valence-corrected chi connectivity index (χ2v) is 8.57. The molecule has 2 aromatic carbocycles. The van der Waals surface area contributed by atoms with Crippen LogP contribution < -0.4 is 5.32 Å². The summed E-state index contributed by atoms with van der Waals surface area (Å²) in [6.07, 6.45) is 5.70. The number of nitrogens with one attached hydrogen (secondary N) is 1. The minimum atomic E-state index is -1.06. The Morgan fingerprint density at radius 3 is 2.46 bits per heavy atom. The zero-order valence-electron chi connectivity index (χ0n) is 20.4. The summed E-state index contributed by atoms with van der Waals surface area (Å²) in [5.41, 5.74) is 3.39. The van der Waals surface area contributed by atoms with Gasteiger partial charge < -0.3 is 20.3 Å². The van der Waals surface area contributed by atoms with Crippen LogP contribution in [0.1, 0.15) is 49.1 Å². The maximum Gasteiger partial charge on any atom is 0.252 e. The van der Waals surface area contributed by atoms with E-state index in [4.69, 9.17) is 4.74 Å². The van der Waals surface area contributed by atoms with Gasteiger partial charge in [-0.15, -0.1) is 5.10 Å².